The lowest BCUT2D eigenvalue weighted by Crippen LogP contribution is -2.01. The van der Waals surface area contributed by atoms with Crippen molar-refractivity contribution in [3.63, 3.8) is 0 Å². The highest BCUT2D eigenvalue weighted by molar-refractivity contribution is 7.86. The molecule has 3 nitrogen and oxygen atoms in total. The number of ether oxygens (including phenoxy) is 1. The standard InChI is InChI=1S/C7H5F3O3S/c1-13-6-3-4(8)2-5(9)7(6)14(10,11)12/h2-3H,1H3. The molecule has 1 aromatic rings. The second-order valence-corrected chi connectivity index (χ2v) is 3.64. The van der Waals surface area contributed by atoms with E-state index in [1.54, 1.807) is 0 Å². The molecule has 0 spiro atoms. The largest absolute Gasteiger partial charge is 0.495 e. The van der Waals surface area contributed by atoms with E-state index in [4.69, 9.17) is 0 Å². The van der Waals surface area contributed by atoms with E-state index in [1.165, 1.54) is 0 Å². The van der Waals surface area contributed by atoms with Crippen molar-refractivity contribution in [2.45, 2.75) is 4.90 Å². The quantitative estimate of drug-likeness (QED) is 0.720. The van der Waals surface area contributed by atoms with E-state index < -0.39 is 32.5 Å². The Labute approximate surface area is 78.3 Å². The number of hydrogen-bond acceptors (Lipinski definition) is 3. The van der Waals surface area contributed by atoms with Gasteiger partial charge in [0.2, 0.25) is 0 Å². The van der Waals surface area contributed by atoms with Gasteiger partial charge in [0.15, 0.2) is 10.7 Å². The maximum atomic E-state index is 12.9. The predicted octanol–water partition coefficient (Wildman–Crippen LogP) is 1.63. The summed E-state index contributed by atoms with van der Waals surface area (Å²) in [4.78, 5) is -1.29. The topological polar surface area (TPSA) is 43.4 Å². The first-order valence-corrected chi connectivity index (χ1v) is 4.72. The monoisotopic (exact) mass is 226 g/mol. The van der Waals surface area contributed by atoms with E-state index >= 15 is 0 Å². The van der Waals surface area contributed by atoms with Gasteiger partial charge in [-0.2, -0.15) is 8.42 Å². The molecule has 0 fully saturated rings. The number of benzene rings is 1. The normalized spacial score (nSPS) is 11.4. The summed E-state index contributed by atoms with van der Waals surface area (Å²) in [6.45, 7) is 0. The molecule has 0 saturated carbocycles. The Bertz CT molecular complexity index is 455. The van der Waals surface area contributed by atoms with Crippen LogP contribution in [0.1, 0.15) is 0 Å². The minimum Gasteiger partial charge on any atom is -0.495 e. The molecular formula is C7H5F3O3S. The summed E-state index contributed by atoms with van der Waals surface area (Å²) >= 11 is 0. The van der Waals surface area contributed by atoms with Crippen molar-refractivity contribution in [1.29, 1.82) is 0 Å². The van der Waals surface area contributed by atoms with Gasteiger partial charge >= 0.3 is 10.2 Å². The molecule has 0 aliphatic carbocycles. The number of methoxy groups -OCH3 is 1. The Morgan fingerprint density at radius 1 is 1.29 bits per heavy atom. The van der Waals surface area contributed by atoms with Crippen LogP contribution in [0, 0.1) is 11.6 Å². The molecule has 0 heterocycles. The molecule has 1 rings (SSSR count). The van der Waals surface area contributed by atoms with Crippen LogP contribution in [0.15, 0.2) is 17.0 Å². The summed E-state index contributed by atoms with van der Waals surface area (Å²) in [6.07, 6.45) is 0. The molecule has 0 radical (unpaired) electrons. The average Bonchev–Trinajstić information content (AvgIpc) is 1.99. The Morgan fingerprint density at radius 2 is 1.86 bits per heavy atom. The lowest BCUT2D eigenvalue weighted by Gasteiger charge is -2.05. The van der Waals surface area contributed by atoms with Crippen molar-refractivity contribution in [3.05, 3.63) is 23.8 Å². The molecule has 0 amide bonds. The molecular weight excluding hydrogens is 221 g/mol. The van der Waals surface area contributed by atoms with Crippen LogP contribution in [0.4, 0.5) is 12.7 Å². The Kier molecular flexibility index (Phi) is 2.70. The Hall–Kier alpha value is -1.24. The fraction of sp³-hybridized carbons (Fsp3) is 0.143. The second kappa shape index (κ2) is 3.49. The molecule has 0 bridgehead atoms. The van der Waals surface area contributed by atoms with Crippen molar-refractivity contribution < 1.29 is 25.8 Å². The maximum absolute atomic E-state index is 12.9. The first kappa shape index (κ1) is 10.8. The summed E-state index contributed by atoms with van der Waals surface area (Å²) in [5.74, 6) is -3.28. The van der Waals surface area contributed by atoms with Gasteiger partial charge < -0.3 is 4.74 Å². The van der Waals surface area contributed by atoms with E-state index in [0.29, 0.717) is 6.07 Å². The molecule has 7 heteroatoms. The van der Waals surface area contributed by atoms with Gasteiger partial charge in [-0.1, -0.05) is 0 Å². The molecule has 0 aliphatic heterocycles. The maximum Gasteiger partial charge on any atom is 0.338 e. The zero-order valence-electron chi connectivity index (χ0n) is 6.92. The molecule has 0 unspecified atom stereocenters. The number of rotatable bonds is 2. The van der Waals surface area contributed by atoms with Crippen molar-refractivity contribution in [3.8, 4) is 5.75 Å². The van der Waals surface area contributed by atoms with Gasteiger partial charge in [-0.3, -0.25) is 0 Å². The average molecular weight is 226 g/mol. The minimum absolute atomic E-state index is 0.259. The van der Waals surface area contributed by atoms with Crippen LogP contribution in [-0.2, 0) is 10.2 Å². The van der Waals surface area contributed by atoms with E-state index in [0.717, 1.165) is 7.11 Å². The number of halogens is 3. The van der Waals surface area contributed by atoms with Gasteiger partial charge in [-0.25, -0.2) is 8.78 Å². The highest BCUT2D eigenvalue weighted by atomic mass is 32.3. The summed E-state index contributed by atoms with van der Waals surface area (Å²) in [6, 6.07) is 0.838. The summed E-state index contributed by atoms with van der Waals surface area (Å²) in [7, 11) is -4.28. The zero-order valence-corrected chi connectivity index (χ0v) is 7.74. The van der Waals surface area contributed by atoms with E-state index in [9.17, 15) is 21.1 Å². The third-order valence-electron chi connectivity index (χ3n) is 1.44. The second-order valence-electron chi connectivity index (χ2n) is 2.36. The van der Waals surface area contributed by atoms with Gasteiger partial charge in [0.25, 0.3) is 0 Å². The SMILES string of the molecule is COc1cc(F)cc(F)c1S(=O)(=O)F. The van der Waals surface area contributed by atoms with Gasteiger partial charge in [-0.05, 0) is 0 Å². The molecule has 0 N–H and O–H groups in total. The van der Waals surface area contributed by atoms with Crippen LogP contribution >= 0.6 is 0 Å². The summed E-state index contributed by atoms with van der Waals surface area (Å²) in [5, 5.41) is 0. The van der Waals surface area contributed by atoms with Gasteiger partial charge in [0.1, 0.15) is 11.6 Å². The van der Waals surface area contributed by atoms with Crippen molar-refractivity contribution in [2.24, 2.45) is 0 Å². The lowest BCUT2D eigenvalue weighted by molar-refractivity contribution is 0.387. The van der Waals surface area contributed by atoms with Gasteiger partial charge in [0.05, 0.1) is 7.11 Å². The first-order chi connectivity index (χ1) is 6.36. The van der Waals surface area contributed by atoms with E-state index in [1.807, 2.05) is 0 Å². The van der Waals surface area contributed by atoms with Crippen LogP contribution in [0.3, 0.4) is 0 Å². The van der Waals surface area contributed by atoms with Crippen LogP contribution in [0.5, 0.6) is 5.75 Å². The van der Waals surface area contributed by atoms with Crippen molar-refractivity contribution in [1.82, 2.24) is 0 Å². The van der Waals surface area contributed by atoms with E-state index in [-0.39, 0.29) is 6.07 Å². The fourth-order valence-corrected chi connectivity index (χ4v) is 1.60. The number of hydrogen-bond donors (Lipinski definition) is 0. The molecule has 0 aliphatic rings. The third-order valence-corrected chi connectivity index (χ3v) is 2.32. The van der Waals surface area contributed by atoms with Crippen molar-refractivity contribution in [2.75, 3.05) is 7.11 Å². The van der Waals surface area contributed by atoms with Crippen LogP contribution in [0.2, 0.25) is 0 Å². The Balaban J connectivity index is 3.57. The molecule has 14 heavy (non-hydrogen) atoms. The summed E-state index contributed by atoms with van der Waals surface area (Å²) in [5.41, 5.74) is 0. The zero-order chi connectivity index (χ0) is 10.9. The van der Waals surface area contributed by atoms with Crippen LogP contribution in [0.25, 0.3) is 0 Å². The van der Waals surface area contributed by atoms with Crippen molar-refractivity contribution >= 4 is 10.2 Å². The predicted molar refractivity (Wildman–Crippen MR) is 41.2 cm³/mol. The highest BCUT2D eigenvalue weighted by Gasteiger charge is 2.24. The van der Waals surface area contributed by atoms with Crippen LogP contribution in [-0.4, -0.2) is 15.5 Å². The molecule has 0 aromatic heterocycles. The molecule has 78 valence electrons. The van der Waals surface area contributed by atoms with Gasteiger partial charge in [0, 0.05) is 12.1 Å². The molecule has 0 atom stereocenters. The third kappa shape index (κ3) is 1.98. The highest BCUT2D eigenvalue weighted by Crippen LogP contribution is 2.29. The minimum atomic E-state index is -5.26. The summed E-state index contributed by atoms with van der Waals surface area (Å²) < 4.78 is 63.1. The Morgan fingerprint density at radius 3 is 2.29 bits per heavy atom. The smallest absolute Gasteiger partial charge is 0.338 e. The lowest BCUT2D eigenvalue weighted by atomic mass is 10.3. The molecule has 1 aromatic carbocycles. The first-order valence-electron chi connectivity index (χ1n) is 3.34. The van der Waals surface area contributed by atoms with Gasteiger partial charge in [-0.15, -0.1) is 3.89 Å². The van der Waals surface area contributed by atoms with E-state index in [2.05, 4.69) is 4.74 Å². The van der Waals surface area contributed by atoms with Crippen LogP contribution < -0.4 is 4.74 Å². The molecule has 0 saturated heterocycles. The fourth-order valence-electron chi connectivity index (χ4n) is 0.925.